The molecule has 0 atom stereocenters. The molecule has 0 radical (unpaired) electrons. The van der Waals surface area contributed by atoms with E-state index in [9.17, 15) is 4.79 Å². The van der Waals surface area contributed by atoms with E-state index in [0.29, 0.717) is 18.8 Å². The van der Waals surface area contributed by atoms with Gasteiger partial charge in [0.15, 0.2) is 0 Å². The van der Waals surface area contributed by atoms with Crippen LogP contribution in [0.2, 0.25) is 0 Å². The van der Waals surface area contributed by atoms with Crippen molar-refractivity contribution in [3.63, 3.8) is 0 Å². The maximum Gasteiger partial charge on any atom is 0.305 e. The molecule has 5 heteroatoms. The minimum absolute atomic E-state index is 0.0557. The zero-order valence-corrected chi connectivity index (χ0v) is 12.0. The van der Waals surface area contributed by atoms with Crippen molar-refractivity contribution in [2.75, 3.05) is 17.2 Å². The summed E-state index contributed by atoms with van der Waals surface area (Å²) in [7, 11) is 0. The topological polar surface area (TPSA) is 79.5 Å². The Hall–Kier alpha value is -2.56. The van der Waals surface area contributed by atoms with Gasteiger partial charge in [-0.2, -0.15) is 0 Å². The Labute approximate surface area is 124 Å². The lowest BCUT2D eigenvalue weighted by Crippen LogP contribution is -2.27. The van der Waals surface area contributed by atoms with Crippen LogP contribution in [0.1, 0.15) is 17.8 Å². The standard InChI is InChI=1S/C16H19N3O2/c1-12-5-4-6-13(18-12)11-19(10-9-16(20)21)15-8-3-2-7-14(15)17/h2-8H,9-11,17H2,1H3,(H,20,21). The molecule has 0 bridgehead atoms. The molecule has 0 aliphatic carbocycles. The first kappa shape index (κ1) is 14.8. The van der Waals surface area contributed by atoms with Gasteiger partial charge in [0, 0.05) is 12.2 Å². The van der Waals surface area contributed by atoms with E-state index < -0.39 is 5.97 Å². The molecule has 21 heavy (non-hydrogen) atoms. The monoisotopic (exact) mass is 285 g/mol. The van der Waals surface area contributed by atoms with Crippen molar-refractivity contribution >= 4 is 17.3 Å². The summed E-state index contributed by atoms with van der Waals surface area (Å²) in [4.78, 5) is 17.3. The van der Waals surface area contributed by atoms with Gasteiger partial charge in [-0.3, -0.25) is 9.78 Å². The summed E-state index contributed by atoms with van der Waals surface area (Å²) in [5.74, 6) is -0.827. The molecule has 1 aromatic heterocycles. The number of nitrogens with two attached hydrogens (primary N) is 1. The van der Waals surface area contributed by atoms with Crippen molar-refractivity contribution in [1.82, 2.24) is 4.98 Å². The number of aryl methyl sites for hydroxylation is 1. The smallest absolute Gasteiger partial charge is 0.305 e. The van der Waals surface area contributed by atoms with Crippen molar-refractivity contribution in [2.45, 2.75) is 19.9 Å². The lowest BCUT2D eigenvalue weighted by molar-refractivity contribution is -0.136. The Morgan fingerprint density at radius 1 is 1.24 bits per heavy atom. The molecule has 3 N–H and O–H groups in total. The number of benzene rings is 1. The van der Waals surface area contributed by atoms with Crippen molar-refractivity contribution in [3.05, 3.63) is 53.9 Å². The third-order valence-electron chi connectivity index (χ3n) is 3.17. The highest BCUT2D eigenvalue weighted by molar-refractivity contribution is 5.70. The second-order valence-electron chi connectivity index (χ2n) is 4.89. The van der Waals surface area contributed by atoms with Gasteiger partial charge < -0.3 is 15.7 Å². The Morgan fingerprint density at radius 2 is 2.00 bits per heavy atom. The van der Waals surface area contributed by atoms with Crippen LogP contribution in [-0.4, -0.2) is 22.6 Å². The number of para-hydroxylation sites is 2. The summed E-state index contributed by atoms with van der Waals surface area (Å²) in [6, 6.07) is 13.3. The average molecular weight is 285 g/mol. The normalized spacial score (nSPS) is 10.3. The van der Waals surface area contributed by atoms with Crippen LogP contribution in [0.4, 0.5) is 11.4 Å². The van der Waals surface area contributed by atoms with Crippen molar-refractivity contribution < 1.29 is 9.90 Å². The van der Waals surface area contributed by atoms with Gasteiger partial charge in [0.1, 0.15) is 0 Å². The molecular formula is C16H19N3O2. The molecule has 2 rings (SSSR count). The van der Waals surface area contributed by atoms with Crippen LogP contribution in [0.15, 0.2) is 42.5 Å². The fourth-order valence-electron chi connectivity index (χ4n) is 2.17. The highest BCUT2D eigenvalue weighted by Crippen LogP contribution is 2.24. The number of carboxylic acids is 1. The lowest BCUT2D eigenvalue weighted by Gasteiger charge is -2.25. The van der Waals surface area contributed by atoms with Crippen molar-refractivity contribution in [3.8, 4) is 0 Å². The molecule has 2 aromatic rings. The number of anilines is 2. The maximum atomic E-state index is 10.9. The molecule has 0 saturated heterocycles. The summed E-state index contributed by atoms with van der Waals surface area (Å²) >= 11 is 0. The van der Waals surface area contributed by atoms with Crippen LogP contribution in [0, 0.1) is 6.92 Å². The van der Waals surface area contributed by atoms with Gasteiger partial charge in [-0.15, -0.1) is 0 Å². The van der Waals surface area contributed by atoms with Gasteiger partial charge in [0.05, 0.1) is 30.0 Å². The highest BCUT2D eigenvalue weighted by Gasteiger charge is 2.12. The van der Waals surface area contributed by atoms with E-state index in [4.69, 9.17) is 10.8 Å². The molecule has 1 heterocycles. The number of rotatable bonds is 6. The van der Waals surface area contributed by atoms with Gasteiger partial charge >= 0.3 is 5.97 Å². The summed E-state index contributed by atoms with van der Waals surface area (Å²) in [6.07, 6.45) is 0.0557. The lowest BCUT2D eigenvalue weighted by atomic mass is 10.2. The highest BCUT2D eigenvalue weighted by atomic mass is 16.4. The molecule has 0 aliphatic heterocycles. The third kappa shape index (κ3) is 4.21. The fourth-order valence-corrected chi connectivity index (χ4v) is 2.17. The summed E-state index contributed by atoms with van der Waals surface area (Å²) in [6.45, 7) is 2.85. The fraction of sp³-hybridized carbons (Fsp3) is 0.250. The number of aromatic nitrogens is 1. The summed E-state index contributed by atoms with van der Waals surface area (Å²) in [5, 5.41) is 8.92. The second kappa shape index (κ2) is 6.74. The van der Waals surface area contributed by atoms with Crippen molar-refractivity contribution in [1.29, 1.82) is 0 Å². The SMILES string of the molecule is Cc1cccc(CN(CCC(=O)O)c2ccccc2N)n1. The molecule has 1 aromatic carbocycles. The van der Waals surface area contributed by atoms with Crippen LogP contribution in [0.5, 0.6) is 0 Å². The number of nitrogen functional groups attached to an aromatic ring is 1. The van der Waals surface area contributed by atoms with E-state index >= 15 is 0 Å². The Morgan fingerprint density at radius 3 is 2.67 bits per heavy atom. The zero-order chi connectivity index (χ0) is 15.2. The van der Waals surface area contributed by atoms with Crippen LogP contribution >= 0.6 is 0 Å². The van der Waals surface area contributed by atoms with E-state index in [1.54, 1.807) is 0 Å². The van der Waals surface area contributed by atoms with E-state index in [1.165, 1.54) is 0 Å². The largest absolute Gasteiger partial charge is 0.481 e. The Balaban J connectivity index is 2.23. The number of hydrogen-bond donors (Lipinski definition) is 2. The van der Waals surface area contributed by atoms with Gasteiger partial charge in [0.2, 0.25) is 0 Å². The minimum atomic E-state index is -0.827. The first-order chi connectivity index (χ1) is 10.1. The van der Waals surface area contributed by atoms with Crippen LogP contribution in [0.25, 0.3) is 0 Å². The molecule has 110 valence electrons. The van der Waals surface area contributed by atoms with Gasteiger partial charge in [0.25, 0.3) is 0 Å². The minimum Gasteiger partial charge on any atom is -0.481 e. The quantitative estimate of drug-likeness (QED) is 0.797. The van der Waals surface area contributed by atoms with Crippen LogP contribution in [0.3, 0.4) is 0 Å². The first-order valence-corrected chi connectivity index (χ1v) is 6.80. The predicted molar refractivity (Wildman–Crippen MR) is 83.1 cm³/mol. The van der Waals surface area contributed by atoms with Gasteiger partial charge in [-0.1, -0.05) is 18.2 Å². The summed E-state index contributed by atoms with van der Waals surface area (Å²) < 4.78 is 0. The van der Waals surface area contributed by atoms with E-state index in [2.05, 4.69) is 4.98 Å². The second-order valence-corrected chi connectivity index (χ2v) is 4.89. The average Bonchev–Trinajstić information content (AvgIpc) is 2.44. The predicted octanol–water partition coefficient (Wildman–Crippen LogP) is 2.45. The third-order valence-corrected chi connectivity index (χ3v) is 3.17. The molecule has 0 spiro atoms. The number of carboxylic acid groups (broad SMARTS) is 1. The summed E-state index contributed by atoms with van der Waals surface area (Å²) in [5.41, 5.74) is 9.30. The van der Waals surface area contributed by atoms with Gasteiger partial charge in [-0.25, -0.2) is 0 Å². The molecule has 0 aliphatic rings. The number of pyridine rings is 1. The molecule has 0 unspecified atom stereocenters. The Kier molecular flexibility index (Phi) is 4.77. The van der Waals surface area contributed by atoms with Crippen LogP contribution in [-0.2, 0) is 11.3 Å². The van der Waals surface area contributed by atoms with Crippen molar-refractivity contribution in [2.24, 2.45) is 0 Å². The van der Waals surface area contributed by atoms with E-state index in [-0.39, 0.29) is 6.42 Å². The first-order valence-electron chi connectivity index (χ1n) is 6.80. The molecule has 0 fully saturated rings. The maximum absolute atomic E-state index is 10.9. The Bertz CT molecular complexity index is 628. The zero-order valence-electron chi connectivity index (χ0n) is 12.0. The number of nitrogens with zero attached hydrogens (tertiary/aromatic N) is 2. The molecule has 5 nitrogen and oxygen atoms in total. The van der Waals surface area contributed by atoms with E-state index in [0.717, 1.165) is 17.1 Å². The molecule has 0 amide bonds. The molecular weight excluding hydrogens is 266 g/mol. The number of carbonyl (C=O) groups is 1. The number of hydrogen-bond acceptors (Lipinski definition) is 4. The van der Waals surface area contributed by atoms with Gasteiger partial charge in [-0.05, 0) is 31.2 Å². The van der Waals surface area contributed by atoms with Crippen LogP contribution < -0.4 is 10.6 Å². The number of aliphatic carboxylic acids is 1. The van der Waals surface area contributed by atoms with E-state index in [1.807, 2.05) is 54.3 Å². The molecule has 0 saturated carbocycles.